The molecule has 5 rings (SSSR count). The van der Waals surface area contributed by atoms with Gasteiger partial charge in [-0.05, 0) is 61.7 Å². The van der Waals surface area contributed by atoms with E-state index in [0.717, 1.165) is 73.5 Å². The van der Waals surface area contributed by atoms with Crippen molar-refractivity contribution in [3.05, 3.63) is 40.8 Å². The van der Waals surface area contributed by atoms with Gasteiger partial charge >= 0.3 is 0 Å². The molecule has 8 nitrogen and oxygen atoms in total. The number of fused-ring (bicyclic) bond motifs is 1. The summed E-state index contributed by atoms with van der Waals surface area (Å²) in [6.07, 6.45) is 2.88. The molecule has 0 radical (unpaired) electrons. The third kappa shape index (κ3) is 5.62. The molecule has 0 bridgehead atoms. The summed E-state index contributed by atoms with van der Waals surface area (Å²) in [5, 5.41) is 2.41. The molecule has 1 atom stereocenters. The first-order chi connectivity index (χ1) is 17.9. The molecule has 2 aliphatic heterocycles. The van der Waals surface area contributed by atoms with Crippen LogP contribution >= 0.6 is 22.7 Å². The Labute approximate surface area is 226 Å². The minimum Gasteiger partial charge on any atom is -0.379 e. The number of benzene rings is 1. The first kappa shape index (κ1) is 26.7. The molecule has 4 heterocycles. The Kier molecular flexibility index (Phi) is 8.28. The lowest BCUT2D eigenvalue weighted by molar-refractivity contribution is -0.123. The summed E-state index contributed by atoms with van der Waals surface area (Å²) in [5.74, 6) is -0.171. The van der Waals surface area contributed by atoms with Crippen molar-refractivity contribution in [2.75, 3.05) is 50.8 Å². The van der Waals surface area contributed by atoms with Crippen LogP contribution in [0.1, 0.15) is 36.8 Å². The second-order valence-corrected chi connectivity index (χ2v) is 13.8. The number of morpholine rings is 1. The minimum atomic E-state index is -3.74. The van der Waals surface area contributed by atoms with Crippen molar-refractivity contribution >= 4 is 54.0 Å². The average molecular weight is 563 g/mol. The van der Waals surface area contributed by atoms with Crippen LogP contribution in [0.5, 0.6) is 0 Å². The van der Waals surface area contributed by atoms with Gasteiger partial charge in [-0.1, -0.05) is 29.9 Å². The fraction of sp³-hybridized carbons (Fsp3) is 0.538. The van der Waals surface area contributed by atoms with Crippen LogP contribution in [0, 0.1) is 13.8 Å². The molecule has 0 saturated carbocycles. The monoisotopic (exact) mass is 562 g/mol. The van der Waals surface area contributed by atoms with E-state index in [9.17, 15) is 13.2 Å². The number of thiophene rings is 1. The Morgan fingerprint density at radius 2 is 1.97 bits per heavy atom. The maximum absolute atomic E-state index is 14.2. The fourth-order valence-electron chi connectivity index (χ4n) is 5.05. The van der Waals surface area contributed by atoms with E-state index in [1.54, 1.807) is 22.4 Å². The summed E-state index contributed by atoms with van der Waals surface area (Å²) in [6, 6.07) is 6.78. The second kappa shape index (κ2) is 11.5. The minimum absolute atomic E-state index is 0.171. The molecular formula is C26H34N4O4S3. The highest BCUT2D eigenvalue weighted by molar-refractivity contribution is 7.91. The number of carbonyl (C=O) groups is 1. The molecule has 2 aromatic heterocycles. The van der Waals surface area contributed by atoms with Gasteiger partial charge in [0.05, 0.1) is 23.4 Å². The summed E-state index contributed by atoms with van der Waals surface area (Å²) >= 11 is 2.70. The molecule has 1 amide bonds. The largest absolute Gasteiger partial charge is 0.379 e. The van der Waals surface area contributed by atoms with E-state index in [4.69, 9.17) is 9.72 Å². The number of aromatic nitrogens is 1. The predicted octanol–water partition coefficient (Wildman–Crippen LogP) is 4.27. The number of thiazole rings is 1. The standard InChI is InChI=1S/C26H34N4O4S3/c1-19-9-10-22-24(20(19)2)27-26(36-22)29(12-6-11-28-14-16-34-17-15-28)25(31)21-7-3-4-13-30(21)37(32,33)23-8-5-18-35-23/h5,8-10,18,21H,3-4,6-7,11-17H2,1-2H3. The Morgan fingerprint density at radius 3 is 2.73 bits per heavy atom. The second-order valence-electron chi connectivity index (χ2n) is 9.71. The van der Waals surface area contributed by atoms with Crippen LogP contribution in [0.4, 0.5) is 5.13 Å². The van der Waals surface area contributed by atoms with E-state index in [1.807, 2.05) is 0 Å². The molecule has 0 aliphatic carbocycles. The maximum Gasteiger partial charge on any atom is 0.253 e. The van der Waals surface area contributed by atoms with Gasteiger partial charge < -0.3 is 4.74 Å². The van der Waals surface area contributed by atoms with Crippen molar-refractivity contribution in [3.8, 4) is 0 Å². The van der Waals surface area contributed by atoms with Gasteiger partial charge in [-0.2, -0.15) is 4.31 Å². The third-order valence-electron chi connectivity index (χ3n) is 7.33. The topological polar surface area (TPSA) is 83.0 Å². The van der Waals surface area contributed by atoms with Crippen LogP contribution in [-0.4, -0.2) is 80.5 Å². The summed E-state index contributed by atoms with van der Waals surface area (Å²) < 4.78 is 35.2. The Hall–Kier alpha value is -1.89. The molecular weight excluding hydrogens is 529 g/mol. The van der Waals surface area contributed by atoms with Crippen molar-refractivity contribution in [1.82, 2.24) is 14.2 Å². The van der Waals surface area contributed by atoms with Crippen molar-refractivity contribution in [1.29, 1.82) is 0 Å². The molecule has 37 heavy (non-hydrogen) atoms. The van der Waals surface area contributed by atoms with Crippen molar-refractivity contribution < 1.29 is 17.9 Å². The van der Waals surface area contributed by atoms with Gasteiger partial charge in [-0.25, -0.2) is 13.4 Å². The van der Waals surface area contributed by atoms with Gasteiger partial charge in [0, 0.05) is 32.7 Å². The first-order valence-electron chi connectivity index (χ1n) is 12.9. The number of amides is 1. The summed E-state index contributed by atoms with van der Waals surface area (Å²) in [7, 11) is -3.74. The Morgan fingerprint density at radius 1 is 1.16 bits per heavy atom. The van der Waals surface area contributed by atoms with Gasteiger partial charge in [0.25, 0.3) is 10.0 Å². The van der Waals surface area contributed by atoms with Crippen LogP contribution in [0.25, 0.3) is 10.2 Å². The van der Waals surface area contributed by atoms with E-state index in [-0.39, 0.29) is 10.1 Å². The highest BCUT2D eigenvalue weighted by Crippen LogP contribution is 2.34. The fourth-order valence-corrected chi connectivity index (χ4v) is 8.88. The highest BCUT2D eigenvalue weighted by atomic mass is 32.2. The predicted molar refractivity (Wildman–Crippen MR) is 149 cm³/mol. The number of carbonyl (C=O) groups excluding carboxylic acids is 1. The molecule has 3 aromatic rings. The zero-order chi connectivity index (χ0) is 26.0. The molecule has 2 saturated heterocycles. The number of hydrogen-bond donors (Lipinski definition) is 0. The smallest absolute Gasteiger partial charge is 0.253 e. The average Bonchev–Trinajstić information content (AvgIpc) is 3.61. The number of anilines is 1. The lowest BCUT2D eigenvalue weighted by Gasteiger charge is -2.36. The van der Waals surface area contributed by atoms with E-state index in [0.29, 0.717) is 24.6 Å². The lowest BCUT2D eigenvalue weighted by atomic mass is 10.0. The number of aryl methyl sites for hydroxylation is 2. The van der Waals surface area contributed by atoms with E-state index in [1.165, 1.54) is 27.0 Å². The zero-order valence-electron chi connectivity index (χ0n) is 21.4. The maximum atomic E-state index is 14.2. The van der Waals surface area contributed by atoms with Crippen LogP contribution in [0.2, 0.25) is 0 Å². The van der Waals surface area contributed by atoms with Gasteiger partial charge in [0.15, 0.2) is 5.13 Å². The van der Waals surface area contributed by atoms with E-state index < -0.39 is 16.1 Å². The van der Waals surface area contributed by atoms with Crippen LogP contribution in [-0.2, 0) is 19.6 Å². The normalized spacial score (nSPS) is 19.9. The molecule has 2 fully saturated rings. The SMILES string of the molecule is Cc1ccc2sc(N(CCCN3CCOCC3)C(=O)C3CCCCN3S(=O)(=O)c3cccs3)nc2c1C. The van der Waals surface area contributed by atoms with Gasteiger partial charge in [-0.15, -0.1) is 11.3 Å². The number of nitrogens with zero attached hydrogens (tertiary/aromatic N) is 4. The van der Waals surface area contributed by atoms with Crippen molar-refractivity contribution in [2.45, 2.75) is 49.8 Å². The van der Waals surface area contributed by atoms with Gasteiger partial charge in [-0.3, -0.25) is 14.6 Å². The van der Waals surface area contributed by atoms with Gasteiger partial charge in [0.1, 0.15) is 10.3 Å². The molecule has 1 unspecified atom stereocenters. The van der Waals surface area contributed by atoms with E-state index >= 15 is 0 Å². The van der Waals surface area contributed by atoms with E-state index in [2.05, 4.69) is 30.9 Å². The summed E-state index contributed by atoms with van der Waals surface area (Å²) in [5.41, 5.74) is 3.19. The van der Waals surface area contributed by atoms with Gasteiger partial charge in [0.2, 0.25) is 5.91 Å². The first-order valence-corrected chi connectivity index (χ1v) is 16.0. The summed E-state index contributed by atoms with van der Waals surface area (Å²) in [6.45, 7) is 9.09. The lowest BCUT2D eigenvalue weighted by Crippen LogP contribution is -2.53. The number of rotatable bonds is 8. The van der Waals surface area contributed by atoms with Crippen LogP contribution in [0.3, 0.4) is 0 Å². The summed E-state index contributed by atoms with van der Waals surface area (Å²) in [4.78, 5) is 23.2. The van der Waals surface area contributed by atoms with Crippen molar-refractivity contribution in [3.63, 3.8) is 0 Å². The Bertz CT molecular complexity index is 1330. The number of hydrogen-bond acceptors (Lipinski definition) is 8. The van der Waals surface area contributed by atoms with Crippen LogP contribution in [0.15, 0.2) is 33.9 Å². The quantitative estimate of drug-likeness (QED) is 0.408. The molecule has 0 N–H and O–H groups in total. The molecule has 11 heteroatoms. The van der Waals surface area contributed by atoms with Crippen LogP contribution < -0.4 is 4.90 Å². The third-order valence-corrected chi connectivity index (χ3v) is 11.7. The Balaban J connectivity index is 1.45. The van der Waals surface area contributed by atoms with Crippen molar-refractivity contribution in [2.24, 2.45) is 0 Å². The highest BCUT2D eigenvalue weighted by Gasteiger charge is 2.40. The number of ether oxygens (including phenoxy) is 1. The molecule has 1 aromatic carbocycles. The molecule has 2 aliphatic rings. The zero-order valence-corrected chi connectivity index (χ0v) is 23.8. The molecule has 0 spiro atoms. The number of sulfonamides is 1. The molecule has 200 valence electrons. The number of piperidine rings is 1.